The Morgan fingerprint density at radius 2 is 2.00 bits per heavy atom. The maximum atomic E-state index is 11.3. The minimum Gasteiger partial charge on any atom is -0.399 e. The molecule has 1 rings (SSSR count). The van der Waals surface area contributed by atoms with Gasteiger partial charge >= 0.3 is 0 Å². The molecule has 1 aromatic rings. The van der Waals surface area contributed by atoms with E-state index >= 15 is 0 Å². The van der Waals surface area contributed by atoms with Crippen LogP contribution in [0.4, 0.5) is 11.4 Å². The second kappa shape index (κ2) is 4.69. The number of hydrogen-bond acceptors (Lipinski definition) is 5. The highest BCUT2D eigenvalue weighted by Crippen LogP contribution is 2.25. The van der Waals surface area contributed by atoms with Crippen molar-refractivity contribution in [2.45, 2.75) is 11.8 Å². The lowest BCUT2D eigenvalue weighted by atomic mass is 10.2. The SMILES string of the molecule is Cc1c(NCCN)cc(N)cc1S(N)(=O)=O. The molecule has 0 heterocycles. The number of sulfonamides is 1. The summed E-state index contributed by atoms with van der Waals surface area (Å²) in [6.45, 7) is 2.64. The van der Waals surface area contributed by atoms with Crippen molar-refractivity contribution in [2.75, 3.05) is 24.1 Å². The number of rotatable bonds is 4. The molecule has 0 aliphatic rings. The van der Waals surface area contributed by atoms with Crippen molar-refractivity contribution in [1.82, 2.24) is 0 Å². The highest BCUT2D eigenvalue weighted by Gasteiger charge is 2.15. The predicted octanol–water partition coefficient (Wildman–Crippen LogP) is -0.405. The van der Waals surface area contributed by atoms with Gasteiger partial charge in [0.2, 0.25) is 10.0 Å². The largest absolute Gasteiger partial charge is 0.399 e. The zero-order valence-electron chi connectivity index (χ0n) is 9.03. The van der Waals surface area contributed by atoms with Gasteiger partial charge in [-0.25, -0.2) is 13.6 Å². The number of hydrogen-bond donors (Lipinski definition) is 4. The third kappa shape index (κ3) is 2.84. The van der Waals surface area contributed by atoms with Crippen molar-refractivity contribution >= 4 is 21.4 Å². The van der Waals surface area contributed by atoms with Crippen LogP contribution in [-0.4, -0.2) is 21.5 Å². The monoisotopic (exact) mass is 244 g/mol. The van der Waals surface area contributed by atoms with E-state index < -0.39 is 10.0 Å². The first-order valence-electron chi connectivity index (χ1n) is 4.73. The van der Waals surface area contributed by atoms with E-state index in [1.165, 1.54) is 6.07 Å². The number of nitrogens with one attached hydrogen (secondary N) is 1. The Morgan fingerprint density at radius 3 is 2.50 bits per heavy atom. The second-order valence-electron chi connectivity index (χ2n) is 3.45. The second-order valence-corrected chi connectivity index (χ2v) is 4.98. The number of benzene rings is 1. The Balaban J connectivity index is 3.27. The Bertz CT molecular complexity index is 485. The topological polar surface area (TPSA) is 124 Å². The van der Waals surface area contributed by atoms with Gasteiger partial charge in [0, 0.05) is 24.5 Å². The molecule has 0 bridgehead atoms. The summed E-state index contributed by atoms with van der Waals surface area (Å²) in [5, 5.41) is 8.08. The van der Waals surface area contributed by atoms with Crippen molar-refractivity contribution < 1.29 is 8.42 Å². The van der Waals surface area contributed by atoms with Gasteiger partial charge in [0.1, 0.15) is 0 Å². The molecular weight excluding hydrogens is 228 g/mol. The molecule has 0 aliphatic heterocycles. The Morgan fingerprint density at radius 1 is 1.38 bits per heavy atom. The predicted molar refractivity (Wildman–Crippen MR) is 64.5 cm³/mol. The summed E-state index contributed by atoms with van der Waals surface area (Å²) in [4.78, 5) is 0.0343. The lowest BCUT2D eigenvalue weighted by molar-refractivity contribution is 0.597. The van der Waals surface area contributed by atoms with Gasteiger partial charge in [-0.15, -0.1) is 0 Å². The molecule has 0 amide bonds. The molecule has 0 atom stereocenters. The smallest absolute Gasteiger partial charge is 0.238 e. The Kier molecular flexibility index (Phi) is 3.74. The first kappa shape index (κ1) is 12.8. The van der Waals surface area contributed by atoms with Crippen molar-refractivity contribution in [3.8, 4) is 0 Å². The van der Waals surface area contributed by atoms with Crippen LogP contribution in [0.3, 0.4) is 0 Å². The zero-order chi connectivity index (χ0) is 12.3. The molecule has 16 heavy (non-hydrogen) atoms. The summed E-state index contributed by atoms with van der Waals surface area (Å²) in [6, 6.07) is 3.00. The normalized spacial score (nSPS) is 11.4. The quantitative estimate of drug-likeness (QED) is 0.536. The van der Waals surface area contributed by atoms with Gasteiger partial charge in [-0.05, 0) is 24.6 Å². The summed E-state index contributed by atoms with van der Waals surface area (Å²) >= 11 is 0. The molecule has 0 aromatic heterocycles. The molecule has 0 fully saturated rings. The molecule has 6 nitrogen and oxygen atoms in total. The molecule has 1 aromatic carbocycles. The van der Waals surface area contributed by atoms with E-state index in [1.54, 1.807) is 13.0 Å². The number of primary sulfonamides is 1. The van der Waals surface area contributed by atoms with Gasteiger partial charge in [-0.1, -0.05) is 0 Å². The van der Waals surface area contributed by atoms with Crippen LogP contribution in [-0.2, 0) is 10.0 Å². The summed E-state index contributed by atoms with van der Waals surface area (Å²) in [5.41, 5.74) is 12.5. The van der Waals surface area contributed by atoms with E-state index in [2.05, 4.69) is 5.32 Å². The van der Waals surface area contributed by atoms with E-state index in [4.69, 9.17) is 16.6 Å². The standard InChI is InChI=1S/C9H16N4O2S/c1-6-8(13-3-2-10)4-7(11)5-9(6)16(12,14)15/h4-5,13H,2-3,10-11H2,1H3,(H2,12,14,15). The van der Waals surface area contributed by atoms with Gasteiger partial charge in [0.05, 0.1) is 4.90 Å². The van der Waals surface area contributed by atoms with Crippen LogP contribution in [0, 0.1) is 6.92 Å². The molecule has 0 unspecified atom stereocenters. The van der Waals surface area contributed by atoms with Crippen LogP contribution in [0.1, 0.15) is 5.56 Å². The van der Waals surface area contributed by atoms with Gasteiger partial charge in [-0.3, -0.25) is 0 Å². The van der Waals surface area contributed by atoms with E-state index in [1.807, 2.05) is 0 Å². The van der Waals surface area contributed by atoms with Crippen molar-refractivity contribution in [3.05, 3.63) is 17.7 Å². The maximum absolute atomic E-state index is 11.3. The third-order valence-electron chi connectivity index (χ3n) is 2.15. The lowest BCUT2D eigenvalue weighted by Crippen LogP contribution is -2.17. The van der Waals surface area contributed by atoms with E-state index in [0.29, 0.717) is 30.0 Å². The molecule has 0 spiro atoms. The molecule has 7 heteroatoms. The van der Waals surface area contributed by atoms with Crippen LogP contribution in [0.5, 0.6) is 0 Å². The molecule has 0 saturated heterocycles. The van der Waals surface area contributed by atoms with Gasteiger partial charge in [-0.2, -0.15) is 0 Å². The van der Waals surface area contributed by atoms with Crippen molar-refractivity contribution in [1.29, 1.82) is 0 Å². The van der Waals surface area contributed by atoms with Crippen LogP contribution in [0.15, 0.2) is 17.0 Å². The third-order valence-corrected chi connectivity index (χ3v) is 3.19. The highest BCUT2D eigenvalue weighted by molar-refractivity contribution is 7.89. The first-order valence-corrected chi connectivity index (χ1v) is 6.27. The first-order chi connectivity index (χ1) is 7.36. The molecule has 0 saturated carbocycles. The minimum atomic E-state index is -3.75. The van der Waals surface area contributed by atoms with Crippen LogP contribution in [0.2, 0.25) is 0 Å². The Hall–Kier alpha value is -1.31. The lowest BCUT2D eigenvalue weighted by Gasteiger charge is -2.12. The van der Waals surface area contributed by atoms with Crippen molar-refractivity contribution in [2.24, 2.45) is 10.9 Å². The minimum absolute atomic E-state index is 0.0343. The molecular formula is C9H16N4O2S. The molecule has 0 radical (unpaired) electrons. The summed E-state index contributed by atoms with van der Waals surface area (Å²) in [7, 11) is -3.75. The molecule has 0 aliphatic carbocycles. The van der Waals surface area contributed by atoms with Crippen LogP contribution >= 0.6 is 0 Å². The number of nitrogens with two attached hydrogens (primary N) is 3. The fourth-order valence-electron chi connectivity index (χ4n) is 1.39. The van der Waals surface area contributed by atoms with E-state index in [0.717, 1.165) is 0 Å². The zero-order valence-corrected chi connectivity index (χ0v) is 9.84. The van der Waals surface area contributed by atoms with Crippen LogP contribution in [0.25, 0.3) is 0 Å². The van der Waals surface area contributed by atoms with Gasteiger partial charge in [0.15, 0.2) is 0 Å². The molecule has 7 N–H and O–H groups in total. The highest BCUT2D eigenvalue weighted by atomic mass is 32.2. The average Bonchev–Trinajstić information content (AvgIpc) is 2.17. The molecule has 90 valence electrons. The van der Waals surface area contributed by atoms with Crippen LogP contribution < -0.4 is 21.9 Å². The summed E-state index contributed by atoms with van der Waals surface area (Å²) < 4.78 is 22.6. The van der Waals surface area contributed by atoms with Gasteiger partial charge in [0.25, 0.3) is 0 Å². The van der Waals surface area contributed by atoms with Crippen molar-refractivity contribution in [3.63, 3.8) is 0 Å². The number of anilines is 2. The fraction of sp³-hybridized carbons (Fsp3) is 0.333. The Labute approximate surface area is 94.9 Å². The van der Waals surface area contributed by atoms with E-state index in [9.17, 15) is 8.42 Å². The summed E-state index contributed by atoms with van der Waals surface area (Å²) in [6.07, 6.45) is 0. The average molecular weight is 244 g/mol. The summed E-state index contributed by atoms with van der Waals surface area (Å²) in [5.74, 6) is 0. The van der Waals surface area contributed by atoms with Gasteiger partial charge < -0.3 is 16.8 Å². The fourth-order valence-corrected chi connectivity index (χ4v) is 2.23. The number of nitrogen functional groups attached to an aromatic ring is 1. The maximum Gasteiger partial charge on any atom is 0.238 e. The van der Waals surface area contributed by atoms with E-state index in [-0.39, 0.29) is 4.90 Å².